The third-order valence-electron chi connectivity index (χ3n) is 4.14. The molecule has 0 atom stereocenters. The number of morpholine rings is 1. The van der Waals surface area contributed by atoms with Crippen LogP contribution < -0.4 is 9.64 Å². The van der Waals surface area contributed by atoms with Gasteiger partial charge in [0.25, 0.3) is 0 Å². The summed E-state index contributed by atoms with van der Waals surface area (Å²) in [6.45, 7) is 5.71. The highest BCUT2D eigenvalue weighted by atomic mass is 16.5. The number of benzene rings is 2. The standard InChI is InChI=1S/C21H23NO3/c1-2-25-21-9-4-3-6-17(21)10-11-20(23)18-7-5-8-19(16-18)22-12-14-24-15-13-22/h3-11,16H,2,12-15H2,1H3/b11-10+. The summed E-state index contributed by atoms with van der Waals surface area (Å²) in [5.74, 6) is 0.775. The Labute approximate surface area is 148 Å². The number of carbonyl (C=O) groups is 1. The van der Waals surface area contributed by atoms with Crippen molar-refractivity contribution in [3.63, 3.8) is 0 Å². The number of allylic oxidation sites excluding steroid dienone is 1. The number of ether oxygens (including phenoxy) is 2. The predicted octanol–water partition coefficient (Wildman–Crippen LogP) is 3.82. The zero-order valence-electron chi connectivity index (χ0n) is 14.5. The fourth-order valence-electron chi connectivity index (χ4n) is 2.84. The largest absolute Gasteiger partial charge is 0.493 e. The van der Waals surface area contributed by atoms with Gasteiger partial charge in [-0.2, -0.15) is 0 Å². The molecule has 130 valence electrons. The normalized spacial score (nSPS) is 14.7. The van der Waals surface area contributed by atoms with E-state index in [9.17, 15) is 4.79 Å². The van der Waals surface area contributed by atoms with Gasteiger partial charge in [0.15, 0.2) is 5.78 Å². The molecular weight excluding hydrogens is 314 g/mol. The van der Waals surface area contributed by atoms with E-state index < -0.39 is 0 Å². The SMILES string of the molecule is CCOc1ccccc1/C=C/C(=O)c1cccc(N2CCOCC2)c1. The van der Waals surface area contributed by atoms with E-state index >= 15 is 0 Å². The summed E-state index contributed by atoms with van der Waals surface area (Å²) >= 11 is 0. The van der Waals surface area contributed by atoms with E-state index in [2.05, 4.69) is 4.90 Å². The molecule has 0 spiro atoms. The van der Waals surface area contributed by atoms with Crippen LogP contribution in [0, 0.1) is 0 Å². The van der Waals surface area contributed by atoms with Crippen molar-refractivity contribution < 1.29 is 14.3 Å². The van der Waals surface area contributed by atoms with E-state index in [1.54, 1.807) is 6.08 Å². The molecule has 0 aliphatic carbocycles. The predicted molar refractivity (Wildman–Crippen MR) is 100 cm³/mol. The Balaban J connectivity index is 1.75. The minimum absolute atomic E-state index is 0.0126. The summed E-state index contributed by atoms with van der Waals surface area (Å²) in [5, 5.41) is 0. The number of hydrogen-bond acceptors (Lipinski definition) is 4. The fraction of sp³-hybridized carbons (Fsp3) is 0.286. The van der Waals surface area contributed by atoms with Crippen LogP contribution in [0.25, 0.3) is 6.08 Å². The Morgan fingerprint density at radius 2 is 1.96 bits per heavy atom. The first-order chi connectivity index (χ1) is 12.3. The topological polar surface area (TPSA) is 38.8 Å². The highest BCUT2D eigenvalue weighted by molar-refractivity contribution is 6.07. The average molecular weight is 337 g/mol. The lowest BCUT2D eigenvalue weighted by molar-refractivity contribution is 0.104. The molecular formula is C21H23NO3. The van der Waals surface area contributed by atoms with Gasteiger partial charge < -0.3 is 14.4 Å². The summed E-state index contributed by atoms with van der Waals surface area (Å²) < 4.78 is 11.0. The van der Waals surface area contributed by atoms with E-state index in [4.69, 9.17) is 9.47 Å². The molecule has 0 aromatic heterocycles. The van der Waals surface area contributed by atoms with Crippen molar-refractivity contribution in [2.75, 3.05) is 37.8 Å². The van der Waals surface area contributed by atoms with Crippen LogP contribution in [0.15, 0.2) is 54.6 Å². The van der Waals surface area contributed by atoms with Gasteiger partial charge in [-0.1, -0.05) is 30.3 Å². The summed E-state index contributed by atoms with van der Waals surface area (Å²) in [6.07, 6.45) is 3.42. The second kappa shape index (κ2) is 8.49. The first-order valence-electron chi connectivity index (χ1n) is 8.65. The minimum Gasteiger partial charge on any atom is -0.493 e. The Bertz CT molecular complexity index is 748. The summed E-state index contributed by atoms with van der Waals surface area (Å²) in [6, 6.07) is 15.5. The number of para-hydroxylation sites is 1. The lowest BCUT2D eigenvalue weighted by Crippen LogP contribution is -2.36. The molecule has 3 rings (SSSR count). The number of carbonyl (C=O) groups excluding carboxylic acids is 1. The molecule has 2 aromatic rings. The van der Waals surface area contributed by atoms with E-state index in [0.717, 1.165) is 43.3 Å². The zero-order chi connectivity index (χ0) is 17.5. The monoisotopic (exact) mass is 337 g/mol. The second-order valence-electron chi connectivity index (χ2n) is 5.82. The van der Waals surface area contributed by atoms with Crippen LogP contribution in [0.2, 0.25) is 0 Å². The third-order valence-corrected chi connectivity index (χ3v) is 4.14. The van der Waals surface area contributed by atoms with Crippen molar-refractivity contribution >= 4 is 17.5 Å². The smallest absolute Gasteiger partial charge is 0.185 e. The van der Waals surface area contributed by atoms with Gasteiger partial charge in [-0.05, 0) is 37.3 Å². The van der Waals surface area contributed by atoms with Crippen LogP contribution in [0.4, 0.5) is 5.69 Å². The van der Waals surface area contributed by atoms with Gasteiger partial charge in [0.1, 0.15) is 5.75 Å². The number of rotatable bonds is 6. The van der Waals surface area contributed by atoms with E-state index in [0.29, 0.717) is 12.2 Å². The number of anilines is 1. The summed E-state index contributed by atoms with van der Waals surface area (Å²) in [7, 11) is 0. The van der Waals surface area contributed by atoms with Crippen molar-refractivity contribution in [3.05, 3.63) is 65.7 Å². The highest BCUT2D eigenvalue weighted by Crippen LogP contribution is 2.21. The van der Waals surface area contributed by atoms with Crippen molar-refractivity contribution in [2.45, 2.75) is 6.92 Å². The second-order valence-corrected chi connectivity index (χ2v) is 5.82. The first kappa shape index (κ1) is 17.2. The summed E-state index contributed by atoms with van der Waals surface area (Å²) in [4.78, 5) is 14.8. The Kier molecular flexibility index (Phi) is 5.86. The lowest BCUT2D eigenvalue weighted by Gasteiger charge is -2.29. The van der Waals surface area contributed by atoms with Crippen LogP contribution in [0.1, 0.15) is 22.8 Å². The molecule has 1 saturated heterocycles. The minimum atomic E-state index is -0.0126. The van der Waals surface area contributed by atoms with Crippen LogP contribution in [-0.4, -0.2) is 38.7 Å². The van der Waals surface area contributed by atoms with Crippen LogP contribution in [0.3, 0.4) is 0 Å². The molecule has 0 N–H and O–H groups in total. The van der Waals surface area contributed by atoms with Gasteiger partial charge in [0, 0.05) is 29.9 Å². The van der Waals surface area contributed by atoms with Gasteiger partial charge >= 0.3 is 0 Å². The highest BCUT2D eigenvalue weighted by Gasteiger charge is 2.12. The maximum Gasteiger partial charge on any atom is 0.185 e. The molecule has 1 fully saturated rings. The van der Waals surface area contributed by atoms with Gasteiger partial charge in [-0.3, -0.25) is 4.79 Å². The molecule has 1 heterocycles. The molecule has 0 amide bonds. The van der Waals surface area contributed by atoms with Crippen molar-refractivity contribution in [1.29, 1.82) is 0 Å². The van der Waals surface area contributed by atoms with Gasteiger partial charge in [-0.25, -0.2) is 0 Å². The molecule has 0 radical (unpaired) electrons. The number of ketones is 1. The number of nitrogens with zero attached hydrogens (tertiary/aromatic N) is 1. The molecule has 2 aromatic carbocycles. The van der Waals surface area contributed by atoms with Crippen molar-refractivity contribution in [2.24, 2.45) is 0 Å². The fourth-order valence-corrected chi connectivity index (χ4v) is 2.84. The zero-order valence-corrected chi connectivity index (χ0v) is 14.5. The van der Waals surface area contributed by atoms with E-state index in [1.165, 1.54) is 0 Å². The maximum atomic E-state index is 12.6. The quantitative estimate of drug-likeness (QED) is 0.593. The Hall–Kier alpha value is -2.59. The summed E-state index contributed by atoms with van der Waals surface area (Å²) in [5.41, 5.74) is 2.66. The van der Waals surface area contributed by atoms with E-state index in [1.807, 2.05) is 61.5 Å². The molecule has 0 bridgehead atoms. The van der Waals surface area contributed by atoms with Gasteiger partial charge in [0.2, 0.25) is 0 Å². The van der Waals surface area contributed by atoms with Gasteiger partial charge in [-0.15, -0.1) is 0 Å². The van der Waals surface area contributed by atoms with Crippen molar-refractivity contribution in [1.82, 2.24) is 0 Å². The molecule has 0 saturated carbocycles. The lowest BCUT2D eigenvalue weighted by atomic mass is 10.1. The van der Waals surface area contributed by atoms with E-state index in [-0.39, 0.29) is 5.78 Å². The molecule has 1 aliphatic rings. The van der Waals surface area contributed by atoms with Crippen LogP contribution in [0.5, 0.6) is 5.75 Å². The Morgan fingerprint density at radius 1 is 1.16 bits per heavy atom. The van der Waals surface area contributed by atoms with Crippen LogP contribution in [-0.2, 0) is 4.74 Å². The van der Waals surface area contributed by atoms with Gasteiger partial charge in [0.05, 0.1) is 19.8 Å². The molecule has 4 heteroatoms. The average Bonchev–Trinajstić information content (AvgIpc) is 2.68. The molecule has 1 aliphatic heterocycles. The third kappa shape index (κ3) is 4.48. The maximum absolute atomic E-state index is 12.6. The molecule has 4 nitrogen and oxygen atoms in total. The Morgan fingerprint density at radius 3 is 2.76 bits per heavy atom. The molecule has 25 heavy (non-hydrogen) atoms. The molecule has 0 unspecified atom stereocenters. The number of hydrogen-bond donors (Lipinski definition) is 0. The van der Waals surface area contributed by atoms with Crippen molar-refractivity contribution in [3.8, 4) is 5.75 Å². The first-order valence-corrected chi connectivity index (χ1v) is 8.65. The van der Waals surface area contributed by atoms with Crippen LogP contribution >= 0.6 is 0 Å².